The third-order valence-corrected chi connectivity index (χ3v) is 4.55. The molecule has 0 aromatic heterocycles. The van der Waals surface area contributed by atoms with Crippen LogP contribution in [0.4, 0.5) is 10.5 Å². The standard InChI is InChI=1S/C18H27N3O2/c1-13(2)14(3)19-18(23)21-11-9-15(10-12-21)17(22)20-16-7-5-4-6-8-16/h4-8,13-15H,9-12H2,1-3H3,(H,19,23)(H,20,22)/t14-/m1/s1. The Hall–Kier alpha value is -2.04. The van der Waals surface area contributed by atoms with Gasteiger partial charge in [0.05, 0.1) is 0 Å². The van der Waals surface area contributed by atoms with Crippen LogP contribution in [0.15, 0.2) is 30.3 Å². The summed E-state index contributed by atoms with van der Waals surface area (Å²) in [6.07, 6.45) is 1.42. The molecule has 0 radical (unpaired) electrons. The fraction of sp³-hybridized carbons (Fsp3) is 0.556. The third-order valence-electron chi connectivity index (χ3n) is 4.55. The van der Waals surface area contributed by atoms with Gasteiger partial charge in [0.2, 0.25) is 5.91 Å². The number of piperidine rings is 1. The van der Waals surface area contributed by atoms with Crippen LogP contribution >= 0.6 is 0 Å². The van der Waals surface area contributed by atoms with E-state index in [1.807, 2.05) is 42.2 Å². The van der Waals surface area contributed by atoms with E-state index in [4.69, 9.17) is 0 Å². The van der Waals surface area contributed by atoms with Crippen LogP contribution in [0.3, 0.4) is 0 Å². The molecule has 1 aliphatic heterocycles. The molecule has 1 atom stereocenters. The lowest BCUT2D eigenvalue weighted by Crippen LogP contribution is -2.49. The number of benzene rings is 1. The molecule has 0 aliphatic carbocycles. The molecule has 0 saturated carbocycles. The van der Waals surface area contributed by atoms with Gasteiger partial charge in [-0.1, -0.05) is 32.0 Å². The van der Waals surface area contributed by atoms with Crippen molar-refractivity contribution in [2.45, 2.75) is 39.7 Å². The molecule has 1 aliphatic rings. The van der Waals surface area contributed by atoms with Crippen LogP contribution in [-0.4, -0.2) is 36.0 Å². The van der Waals surface area contributed by atoms with Crippen LogP contribution in [0.1, 0.15) is 33.6 Å². The first-order chi connectivity index (χ1) is 11.0. The monoisotopic (exact) mass is 317 g/mol. The molecule has 0 spiro atoms. The smallest absolute Gasteiger partial charge is 0.317 e. The minimum atomic E-state index is -0.0261. The van der Waals surface area contributed by atoms with Gasteiger partial charge in [0.1, 0.15) is 0 Å². The highest BCUT2D eigenvalue weighted by Crippen LogP contribution is 2.19. The number of likely N-dealkylation sites (tertiary alicyclic amines) is 1. The number of urea groups is 1. The van der Waals surface area contributed by atoms with Crippen LogP contribution in [0.5, 0.6) is 0 Å². The molecule has 3 amide bonds. The number of rotatable bonds is 4. The van der Waals surface area contributed by atoms with E-state index in [0.29, 0.717) is 31.8 Å². The molecule has 0 unspecified atom stereocenters. The predicted octanol–water partition coefficient (Wildman–Crippen LogP) is 3.09. The van der Waals surface area contributed by atoms with E-state index in [2.05, 4.69) is 24.5 Å². The quantitative estimate of drug-likeness (QED) is 0.896. The predicted molar refractivity (Wildman–Crippen MR) is 92.2 cm³/mol. The van der Waals surface area contributed by atoms with Crippen LogP contribution < -0.4 is 10.6 Å². The van der Waals surface area contributed by atoms with E-state index in [1.165, 1.54) is 0 Å². The zero-order valence-corrected chi connectivity index (χ0v) is 14.2. The van der Waals surface area contributed by atoms with Crippen molar-refractivity contribution in [1.29, 1.82) is 0 Å². The van der Waals surface area contributed by atoms with Gasteiger partial charge in [-0.3, -0.25) is 4.79 Å². The van der Waals surface area contributed by atoms with Crippen molar-refractivity contribution in [2.75, 3.05) is 18.4 Å². The van der Waals surface area contributed by atoms with Gasteiger partial charge < -0.3 is 15.5 Å². The van der Waals surface area contributed by atoms with Gasteiger partial charge in [0.25, 0.3) is 0 Å². The second-order valence-electron chi connectivity index (χ2n) is 6.60. The van der Waals surface area contributed by atoms with Crippen LogP contribution in [0.25, 0.3) is 0 Å². The average Bonchev–Trinajstić information content (AvgIpc) is 2.55. The average molecular weight is 317 g/mol. The molecule has 126 valence electrons. The van der Waals surface area contributed by atoms with Gasteiger partial charge in [-0.25, -0.2) is 4.79 Å². The molecular weight excluding hydrogens is 290 g/mol. The molecular formula is C18H27N3O2. The maximum absolute atomic E-state index is 12.3. The number of carbonyl (C=O) groups excluding carboxylic acids is 2. The molecule has 1 saturated heterocycles. The Bertz CT molecular complexity index is 522. The van der Waals surface area contributed by atoms with E-state index in [-0.39, 0.29) is 23.9 Å². The molecule has 23 heavy (non-hydrogen) atoms. The lowest BCUT2D eigenvalue weighted by Gasteiger charge is -2.32. The molecule has 2 N–H and O–H groups in total. The van der Waals surface area contributed by atoms with Crippen molar-refractivity contribution in [1.82, 2.24) is 10.2 Å². The molecule has 5 heteroatoms. The number of para-hydroxylation sites is 1. The minimum absolute atomic E-state index is 0.0203. The maximum Gasteiger partial charge on any atom is 0.317 e. The van der Waals surface area contributed by atoms with Gasteiger partial charge in [0.15, 0.2) is 0 Å². The summed E-state index contributed by atoms with van der Waals surface area (Å²) in [6, 6.07) is 9.62. The van der Waals surface area contributed by atoms with E-state index < -0.39 is 0 Å². The number of hydrogen-bond acceptors (Lipinski definition) is 2. The lowest BCUT2D eigenvalue weighted by molar-refractivity contribution is -0.121. The minimum Gasteiger partial charge on any atom is -0.335 e. The van der Waals surface area contributed by atoms with Gasteiger partial charge in [-0.05, 0) is 37.8 Å². The summed E-state index contributed by atoms with van der Waals surface area (Å²) < 4.78 is 0. The molecule has 1 aromatic carbocycles. The molecule has 1 aromatic rings. The Morgan fingerprint density at radius 1 is 1.09 bits per heavy atom. The topological polar surface area (TPSA) is 61.4 Å². The molecule has 1 heterocycles. The number of amides is 3. The van der Waals surface area contributed by atoms with Crippen LogP contribution in [0, 0.1) is 11.8 Å². The molecule has 5 nitrogen and oxygen atoms in total. The molecule has 0 bridgehead atoms. The summed E-state index contributed by atoms with van der Waals surface area (Å²) in [6.45, 7) is 7.45. The molecule has 1 fully saturated rings. The SMILES string of the molecule is CC(C)[C@@H](C)NC(=O)N1CCC(C(=O)Nc2ccccc2)CC1. The first-order valence-electron chi connectivity index (χ1n) is 8.38. The third kappa shape index (κ3) is 4.98. The van der Waals surface area contributed by atoms with Crippen molar-refractivity contribution in [3.63, 3.8) is 0 Å². The number of carbonyl (C=O) groups is 2. The zero-order valence-electron chi connectivity index (χ0n) is 14.2. The largest absolute Gasteiger partial charge is 0.335 e. The van der Waals surface area contributed by atoms with Crippen molar-refractivity contribution in [2.24, 2.45) is 11.8 Å². The van der Waals surface area contributed by atoms with Crippen molar-refractivity contribution in [3.8, 4) is 0 Å². The van der Waals surface area contributed by atoms with Crippen LogP contribution in [0.2, 0.25) is 0 Å². The van der Waals surface area contributed by atoms with Gasteiger partial charge in [-0.2, -0.15) is 0 Å². The highest BCUT2D eigenvalue weighted by Gasteiger charge is 2.28. The van der Waals surface area contributed by atoms with E-state index in [0.717, 1.165) is 5.69 Å². The first-order valence-corrected chi connectivity index (χ1v) is 8.38. The summed E-state index contributed by atoms with van der Waals surface area (Å²) in [4.78, 5) is 26.3. The van der Waals surface area contributed by atoms with E-state index in [1.54, 1.807) is 0 Å². The Kier molecular flexibility index (Phi) is 6.02. The summed E-state index contributed by atoms with van der Waals surface area (Å²) in [5.74, 6) is 0.432. The van der Waals surface area contributed by atoms with E-state index >= 15 is 0 Å². The number of nitrogens with zero attached hydrogens (tertiary/aromatic N) is 1. The maximum atomic E-state index is 12.3. The second-order valence-corrected chi connectivity index (χ2v) is 6.60. The Morgan fingerprint density at radius 2 is 1.70 bits per heavy atom. The Labute approximate surface area is 138 Å². The summed E-state index contributed by atoms with van der Waals surface area (Å²) in [5, 5.41) is 5.96. The van der Waals surface area contributed by atoms with Crippen molar-refractivity contribution < 1.29 is 9.59 Å². The van der Waals surface area contributed by atoms with Crippen molar-refractivity contribution >= 4 is 17.6 Å². The number of hydrogen-bond donors (Lipinski definition) is 2. The number of anilines is 1. The Morgan fingerprint density at radius 3 is 2.26 bits per heavy atom. The molecule has 2 rings (SSSR count). The Balaban J connectivity index is 1.79. The zero-order chi connectivity index (χ0) is 16.8. The summed E-state index contributed by atoms with van der Waals surface area (Å²) in [7, 11) is 0. The highest BCUT2D eigenvalue weighted by molar-refractivity contribution is 5.92. The highest BCUT2D eigenvalue weighted by atomic mass is 16.2. The van der Waals surface area contributed by atoms with E-state index in [9.17, 15) is 9.59 Å². The second kappa shape index (κ2) is 7.99. The van der Waals surface area contributed by atoms with Crippen LogP contribution in [-0.2, 0) is 4.79 Å². The summed E-state index contributed by atoms with van der Waals surface area (Å²) >= 11 is 0. The normalized spacial score (nSPS) is 17.0. The summed E-state index contributed by atoms with van der Waals surface area (Å²) in [5.41, 5.74) is 0.823. The van der Waals surface area contributed by atoms with Gasteiger partial charge >= 0.3 is 6.03 Å². The van der Waals surface area contributed by atoms with Crippen molar-refractivity contribution in [3.05, 3.63) is 30.3 Å². The fourth-order valence-electron chi connectivity index (χ4n) is 2.56. The van der Waals surface area contributed by atoms with Gasteiger partial charge in [0, 0.05) is 30.7 Å². The van der Waals surface area contributed by atoms with Gasteiger partial charge in [-0.15, -0.1) is 0 Å². The fourth-order valence-corrected chi connectivity index (χ4v) is 2.56. The lowest BCUT2D eigenvalue weighted by atomic mass is 9.96. The first kappa shape index (κ1) is 17.3. The number of nitrogens with one attached hydrogen (secondary N) is 2.